The quantitative estimate of drug-likeness (QED) is 0.574. The van der Waals surface area contributed by atoms with E-state index in [0.29, 0.717) is 16.9 Å². The van der Waals surface area contributed by atoms with E-state index < -0.39 is 5.82 Å². The van der Waals surface area contributed by atoms with Crippen molar-refractivity contribution in [2.45, 2.75) is 13.2 Å². The van der Waals surface area contributed by atoms with Gasteiger partial charge < -0.3 is 14.4 Å². The van der Waals surface area contributed by atoms with Crippen molar-refractivity contribution in [1.82, 2.24) is 4.90 Å². The highest BCUT2D eigenvalue weighted by Gasteiger charge is 2.14. The average Bonchev–Trinajstić information content (AvgIpc) is 2.73. The Balaban J connectivity index is 1.64. The molecule has 0 atom stereocenters. The Kier molecular flexibility index (Phi) is 6.44. The third kappa shape index (κ3) is 5.31. The second-order valence-corrected chi connectivity index (χ2v) is 6.57. The van der Waals surface area contributed by atoms with Gasteiger partial charge in [0.25, 0.3) is 5.91 Å². The summed E-state index contributed by atoms with van der Waals surface area (Å²) < 4.78 is 37.4. The second kappa shape index (κ2) is 9.19. The van der Waals surface area contributed by atoms with Gasteiger partial charge in [0, 0.05) is 19.2 Å². The number of ether oxygens (including phenoxy) is 2. The van der Waals surface area contributed by atoms with Gasteiger partial charge in [0.05, 0.1) is 7.11 Å². The summed E-state index contributed by atoms with van der Waals surface area (Å²) in [7, 11) is 3.05. The number of hydrogen-bond acceptors (Lipinski definition) is 3. The molecule has 0 unspecified atom stereocenters. The van der Waals surface area contributed by atoms with Gasteiger partial charge in [0.1, 0.15) is 18.2 Å². The van der Waals surface area contributed by atoms with Crippen molar-refractivity contribution in [2.75, 3.05) is 14.2 Å². The van der Waals surface area contributed by atoms with Crippen LogP contribution < -0.4 is 9.47 Å². The zero-order chi connectivity index (χ0) is 20.8. The normalized spacial score (nSPS) is 10.5. The number of carbonyl (C=O) groups is 1. The molecule has 0 heterocycles. The van der Waals surface area contributed by atoms with Crippen LogP contribution in [0.25, 0.3) is 0 Å². The molecule has 3 aromatic rings. The van der Waals surface area contributed by atoms with Gasteiger partial charge in [-0.05, 0) is 53.6 Å². The Labute approximate surface area is 168 Å². The first-order valence-electron chi connectivity index (χ1n) is 9.01. The monoisotopic (exact) mass is 397 g/mol. The molecule has 4 nitrogen and oxygen atoms in total. The van der Waals surface area contributed by atoms with E-state index in [0.717, 1.165) is 5.56 Å². The Bertz CT molecular complexity index is 990. The number of amides is 1. The van der Waals surface area contributed by atoms with Crippen molar-refractivity contribution >= 4 is 5.91 Å². The van der Waals surface area contributed by atoms with Crippen LogP contribution in [-0.4, -0.2) is 25.0 Å². The number of rotatable bonds is 7. The molecule has 0 spiro atoms. The molecule has 0 fully saturated rings. The molecular formula is C23H21F2NO3. The largest absolute Gasteiger partial charge is 0.494 e. The van der Waals surface area contributed by atoms with Crippen LogP contribution >= 0.6 is 0 Å². The zero-order valence-corrected chi connectivity index (χ0v) is 16.2. The number of hydrogen-bond donors (Lipinski definition) is 0. The molecular weight excluding hydrogens is 376 g/mol. The highest BCUT2D eigenvalue weighted by Crippen LogP contribution is 2.20. The highest BCUT2D eigenvalue weighted by atomic mass is 19.1. The predicted molar refractivity (Wildman–Crippen MR) is 106 cm³/mol. The van der Waals surface area contributed by atoms with Gasteiger partial charge >= 0.3 is 0 Å². The van der Waals surface area contributed by atoms with Crippen LogP contribution in [0.15, 0.2) is 66.7 Å². The van der Waals surface area contributed by atoms with Gasteiger partial charge in [-0.15, -0.1) is 0 Å². The molecule has 150 valence electrons. The van der Waals surface area contributed by atoms with Crippen molar-refractivity contribution in [3.8, 4) is 11.5 Å². The van der Waals surface area contributed by atoms with Crippen molar-refractivity contribution < 1.29 is 23.0 Å². The third-order valence-electron chi connectivity index (χ3n) is 4.38. The average molecular weight is 397 g/mol. The van der Waals surface area contributed by atoms with Gasteiger partial charge in [-0.2, -0.15) is 0 Å². The summed E-state index contributed by atoms with van der Waals surface area (Å²) in [5, 5.41) is 0. The number of halogens is 2. The summed E-state index contributed by atoms with van der Waals surface area (Å²) in [5.74, 6) is -0.297. The zero-order valence-electron chi connectivity index (χ0n) is 16.2. The minimum absolute atomic E-state index is 0.161. The first-order chi connectivity index (χ1) is 14.0. The van der Waals surface area contributed by atoms with Gasteiger partial charge in [0.15, 0.2) is 11.6 Å². The summed E-state index contributed by atoms with van der Waals surface area (Å²) in [6.45, 7) is 0.513. The van der Waals surface area contributed by atoms with Crippen LogP contribution in [0.2, 0.25) is 0 Å². The molecule has 0 bridgehead atoms. The molecule has 0 saturated carbocycles. The van der Waals surface area contributed by atoms with E-state index in [1.54, 1.807) is 49.5 Å². The fraction of sp³-hybridized carbons (Fsp3) is 0.174. The smallest absolute Gasteiger partial charge is 0.254 e. The SMILES string of the molecule is COc1ccc(CN(C)C(=O)c2cccc(OCc3ccc(F)cc3)c2)cc1F. The first kappa shape index (κ1) is 20.3. The molecule has 0 radical (unpaired) electrons. The van der Waals surface area contributed by atoms with E-state index in [4.69, 9.17) is 9.47 Å². The molecule has 1 amide bonds. The topological polar surface area (TPSA) is 38.8 Å². The molecule has 0 saturated heterocycles. The second-order valence-electron chi connectivity index (χ2n) is 6.57. The lowest BCUT2D eigenvalue weighted by Crippen LogP contribution is -2.26. The first-order valence-corrected chi connectivity index (χ1v) is 9.01. The third-order valence-corrected chi connectivity index (χ3v) is 4.38. The van der Waals surface area contributed by atoms with Crippen LogP contribution in [-0.2, 0) is 13.2 Å². The molecule has 0 aliphatic carbocycles. The van der Waals surface area contributed by atoms with E-state index in [9.17, 15) is 13.6 Å². The molecule has 0 aromatic heterocycles. The van der Waals surface area contributed by atoms with E-state index >= 15 is 0 Å². The van der Waals surface area contributed by atoms with Crippen LogP contribution in [0.4, 0.5) is 8.78 Å². The predicted octanol–water partition coefficient (Wildman–Crippen LogP) is 4.82. The van der Waals surface area contributed by atoms with Crippen molar-refractivity contribution in [3.05, 3.63) is 95.1 Å². The Morgan fingerprint density at radius 3 is 2.38 bits per heavy atom. The molecule has 3 aromatic carbocycles. The molecule has 3 rings (SSSR count). The van der Waals surface area contributed by atoms with Gasteiger partial charge in [-0.25, -0.2) is 8.78 Å². The number of methoxy groups -OCH3 is 1. The van der Waals surface area contributed by atoms with E-state index in [1.165, 1.54) is 36.3 Å². The summed E-state index contributed by atoms with van der Waals surface area (Å²) >= 11 is 0. The molecule has 6 heteroatoms. The number of nitrogens with zero attached hydrogens (tertiary/aromatic N) is 1. The van der Waals surface area contributed by atoms with Crippen LogP contribution in [0.1, 0.15) is 21.5 Å². The fourth-order valence-electron chi connectivity index (χ4n) is 2.84. The van der Waals surface area contributed by atoms with Gasteiger partial charge in [-0.3, -0.25) is 4.79 Å². The van der Waals surface area contributed by atoms with Crippen molar-refractivity contribution in [2.24, 2.45) is 0 Å². The summed E-state index contributed by atoms with van der Waals surface area (Å²) in [4.78, 5) is 14.2. The van der Waals surface area contributed by atoms with E-state index in [-0.39, 0.29) is 30.6 Å². The highest BCUT2D eigenvalue weighted by molar-refractivity contribution is 5.94. The summed E-state index contributed by atoms with van der Waals surface area (Å²) in [5.41, 5.74) is 1.93. The van der Waals surface area contributed by atoms with Crippen LogP contribution in [0.3, 0.4) is 0 Å². The fourth-order valence-corrected chi connectivity index (χ4v) is 2.84. The summed E-state index contributed by atoms with van der Waals surface area (Å²) in [6, 6.07) is 17.5. The standard InChI is InChI=1S/C23H21F2NO3/c1-26(14-17-8-11-22(28-2)21(25)12-17)23(27)18-4-3-5-20(13-18)29-15-16-6-9-19(24)10-7-16/h3-13H,14-15H2,1-2H3. The summed E-state index contributed by atoms with van der Waals surface area (Å²) in [6.07, 6.45) is 0. The minimum atomic E-state index is -0.470. The maximum Gasteiger partial charge on any atom is 0.254 e. The Hall–Kier alpha value is -3.41. The maximum atomic E-state index is 13.9. The van der Waals surface area contributed by atoms with Crippen LogP contribution in [0, 0.1) is 11.6 Å². The maximum absolute atomic E-state index is 13.9. The lowest BCUT2D eigenvalue weighted by Gasteiger charge is -2.18. The van der Waals surface area contributed by atoms with Crippen molar-refractivity contribution in [3.63, 3.8) is 0 Å². The van der Waals surface area contributed by atoms with Gasteiger partial charge in [0.2, 0.25) is 0 Å². The van der Waals surface area contributed by atoms with Crippen LogP contribution in [0.5, 0.6) is 11.5 Å². The molecule has 0 aliphatic heterocycles. The lowest BCUT2D eigenvalue weighted by atomic mass is 10.1. The van der Waals surface area contributed by atoms with E-state index in [2.05, 4.69) is 0 Å². The Morgan fingerprint density at radius 2 is 1.69 bits per heavy atom. The molecule has 29 heavy (non-hydrogen) atoms. The Morgan fingerprint density at radius 1 is 0.966 bits per heavy atom. The van der Waals surface area contributed by atoms with E-state index in [1.807, 2.05) is 0 Å². The number of benzene rings is 3. The molecule has 0 N–H and O–H groups in total. The lowest BCUT2D eigenvalue weighted by molar-refractivity contribution is 0.0784. The number of carbonyl (C=O) groups excluding carboxylic acids is 1. The molecule has 0 aliphatic rings. The van der Waals surface area contributed by atoms with Gasteiger partial charge in [-0.1, -0.05) is 24.3 Å². The minimum Gasteiger partial charge on any atom is -0.494 e. The van der Waals surface area contributed by atoms with Crippen molar-refractivity contribution in [1.29, 1.82) is 0 Å².